The number of rotatable bonds is 3. The molecule has 12 heavy (non-hydrogen) atoms. The maximum Gasteiger partial charge on any atom is 0.0472 e. The zero-order valence-electron chi connectivity index (χ0n) is 8.76. The Kier molecular flexibility index (Phi) is 11.5. The van der Waals surface area contributed by atoms with Gasteiger partial charge in [0.25, 0.3) is 0 Å². The molecular weight excluding hydrogens is 148 g/mol. The first-order chi connectivity index (χ1) is 5.63. The predicted octanol–water partition coefficient (Wildman–Crippen LogP) is 3.29. The van der Waals surface area contributed by atoms with Crippen molar-refractivity contribution < 1.29 is 0 Å². The Hall–Kier alpha value is -0.920. The summed E-state index contributed by atoms with van der Waals surface area (Å²) in [6.45, 7) is 9.87. The van der Waals surface area contributed by atoms with Crippen molar-refractivity contribution in [3.8, 4) is 0 Å². The fourth-order valence-corrected chi connectivity index (χ4v) is 0.377. The highest BCUT2D eigenvalue weighted by Gasteiger charge is 1.79. The molecule has 0 spiro atoms. The van der Waals surface area contributed by atoms with E-state index in [1.165, 1.54) is 6.21 Å². The van der Waals surface area contributed by atoms with Crippen LogP contribution < -0.4 is 0 Å². The molecule has 0 amide bonds. The predicted molar refractivity (Wildman–Crippen MR) is 57.2 cm³/mol. The van der Waals surface area contributed by atoms with E-state index in [0.29, 0.717) is 11.6 Å². The quantitative estimate of drug-likeness (QED) is 0.628. The topological polar surface area (TPSA) is 36.2 Å². The van der Waals surface area contributed by atoms with E-state index >= 15 is 0 Å². The molecule has 0 unspecified atom stereocenters. The number of aliphatic imine (C=N–C) groups is 1. The maximum atomic E-state index is 7.00. The summed E-state index contributed by atoms with van der Waals surface area (Å²) in [6, 6.07) is 0. The highest BCUT2D eigenvalue weighted by Crippen LogP contribution is 1.92. The normalized spacial score (nSPS) is 10.5. The van der Waals surface area contributed by atoms with E-state index in [9.17, 15) is 0 Å². The Morgan fingerprint density at radius 2 is 1.83 bits per heavy atom. The average molecular weight is 168 g/mol. The van der Waals surface area contributed by atoms with Gasteiger partial charge in [0.05, 0.1) is 0 Å². The van der Waals surface area contributed by atoms with E-state index < -0.39 is 0 Å². The summed E-state index contributed by atoms with van der Waals surface area (Å²) >= 11 is 0. The van der Waals surface area contributed by atoms with Gasteiger partial charge in [-0.1, -0.05) is 33.8 Å². The summed E-state index contributed by atoms with van der Waals surface area (Å²) in [5, 5.41) is 7.00. The molecule has 0 saturated heterocycles. The second-order valence-electron chi connectivity index (χ2n) is 2.55. The molecular formula is C10H20N2. The summed E-state index contributed by atoms with van der Waals surface area (Å²) in [6.07, 6.45) is 5.24. The lowest BCUT2D eigenvalue weighted by Gasteiger charge is -1.88. The van der Waals surface area contributed by atoms with Crippen LogP contribution in [-0.4, -0.2) is 11.9 Å². The van der Waals surface area contributed by atoms with Gasteiger partial charge >= 0.3 is 0 Å². The molecule has 1 N–H and O–H groups in total. The molecule has 2 heteroatoms. The molecule has 0 saturated carbocycles. The molecule has 0 aromatic rings. The minimum Gasteiger partial charge on any atom is -0.304 e. The minimum absolute atomic E-state index is 0.480. The van der Waals surface area contributed by atoms with E-state index in [0.717, 1.165) is 0 Å². The lowest BCUT2D eigenvalue weighted by molar-refractivity contribution is 0.829. The minimum atomic E-state index is 0.480. The molecule has 0 radical (unpaired) electrons. The van der Waals surface area contributed by atoms with Gasteiger partial charge in [-0.05, 0) is 12.8 Å². The van der Waals surface area contributed by atoms with Crippen LogP contribution in [0.5, 0.6) is 0 Å². The van der Waals surface area contributed by atoms with Gasteiger partial charge in [-0.15, -0.1) is 0 Å². The SMILES string of the molecule is CC.CC(=N)C=N/C=C\C(C)C. The van der Waals surface area contributed by atoms with Crippen molar-refractivity contribution in [2.24, 2.45) is 10.9 Å². The monoisotopic (exact) mass is 168 g/mol. The van der Waals surface area contributed by atoms with E-state index in [-0.39, 0.29) is 0 Å². The molecule has 2 nitrogen and oxygen atoms in total. The third-order valence-corrected chi connectivity index (χ3v) is 0.825. The molecule has 0 bridgehead atoms. The van der Waals surface area contributed by atoms with Gasteiger partial charge in [-0.2, -0.15) is 0 Å². The van der Waals surface area contributed by atoms with Crippen molar-refractivity contribution in [1.82, 2.24) is 0 Å². The molecule has 70 valence electrons. The summed E-state index contributed by atoms with van der Waals surface area (Å²) in [5.74, 6) is 0.531. The first kappa shape index (κ1) is 13.7. The first-order valence-corrected chi connectivity index (χ1v) is 4.38. The van der Waals surface area contributed by atoms with Crippen LogP contribution in [0.1, 0.15) is 34.6 Å². The van der Waals surface area contributed by atoms with E-state index in [4.69, 9.17) is 5.41 Å². The van der Waals surface area contributed by atoms with Gasteiger partial charge < -0.3 is 5.41 Å². The summed E-state index contributed by atoms with van der Waals surface area (Å²) < 4.78 is 0. The highest BCUT2D eigenvalue weighted by molar-refractivity contribution is 6.27. The van der Waals surface area contributed by atoms with Crippen molar-refractivity contribution in [3.63, 3.8) is 0 Å². The Morgan fingerprint density at radius 1 is 1.33 bits per heavy atom. The van der Waals surface area contributed by atoms with E-state index in [2.05, 4.69) is 18.8 Å². The van der Waals surface area contributed by atoms with Gasteiger partial charge in [-0.3, -0.25) is 4.99 Å². The number of nitrogens with zero attached hydrogens (tertiary/aromatic N) is 1. The number of hydrogen-bond acceptors (Lipinski definition) is 2. The van der Waals surface area contributed by atoms with Gasteiger partial charge in [-0.25, -0.2) is 0 Å². The third kappa shape index (κ3) is 16.0. The van der Waals surface area contributed by atoms with Crippen molar-refractivity contribution >= 4 is 11.9 Å². The van der Waals surface area contributed by atoms with Gasteiger partial charge in [0.15, 0.2) is 0 Å². The zero-order chi connectivity index (χ0) is 9.98. The van der Waals surface area contributed by atoms with Crippen LogP contribution in [0.25, 0.3) is 0 Å². The van der Waals surface area contributed by atoms with Crippen LogP contribution in [0.15, 0.2) is 17.3 Å². The Morgan fingerprint density at radius 3 is 2.17 bits per heavy atom. The van der Waals surface area contributed by atoms with Gasteiger partial charge in [0, 0.05) is 18.1 Å². The standard InChI is InChI=1S/C8H14N2.C2H6/c1-7(2)4-5-10-6-8(3)9;1-2/h4-7,9H,1-3H3;1-2H3/b5-4-,9-8?,10-6?;. The summed E-state index contributed by atoms with van der Waals surface area (Å²) in [4.78, 5) is 3.88. The van der Waals surface area contributed by atoms with Crippen molar-refractivity contribution in [3.05, 3.63) is 12.3 Å². The number of hydrogen-bond donors (Lipinski definition) is 1. The largest absolute Gasteiger partial charge is 0.304 e. The summed E-state index contributed by atoms with van der Waals surface area (Å²) in [5.41, 5.74) is 0.480. The molecule has 0 atom stereocenters. The fourth-order valence-electron chi connectivity index (χ4n) is 0.377. The molecule has 0 heterocycles. The fraction of sp³-hybridized carbons (Fsp3) is 0.600. The third-order valence-electron chi connectivity index (χ3n) is 0.825. The second-order valence-corrected chi connectivity index (χ2v) is 2.55. The van der Waals surface area contributed by atoms with Crippen LogP contribution in [-0.2, 0) is 0 Å². The Bertz CT molecular complexity index is 155. The maximum absolute atomic E-state index is 7.00. The highest BCUT2D eigenvalue weighted by atomic mass is 14.7. The van der Waals surface area contributed by atoms with Crippen LogP contribution >= 0.6 is 0 Å². The molecule has 0 aliphatic rings. The van der Waals surface area contributed by atoms with Crippen LogP contribution in [0, 0.1) is 11.3 Å². The van der Waals surface area contributed by atoms with Crippen molar-refractivity contribution in [2.45, 2.75) is 34.6 Å². The van der Waals surface area contributed by atoms with Gasteiger partial charge in [0.2, 0.25) is 0 Å². The molecule has 0 aliphatic carbocycles. The number of allylic oxidation sites excluding steroid dienone is 1. The van der Waals surface area contributed by atoms with Crippen LogP contribution in [0.2, 0.25) is 0 Å². The van der Waals surface area contributed by atoms with Crippen LogP contribution in [0.3, 0.4) is 0 Å². The smallest absolute Gasteiger partial charge is 0.0472 e. The zero-order valence-corrected chi connectivity index (χ0v) is 8.76. The van der Waals surface area contributed by atoms with Gasteiger partial charge in [0.1, 0.15) is 0 Å². The lowest BCUT2D eigenvalue weighted by Crippen LogP contribution is -1.86. The lowest BCUT2D eigenvalue weighted by atomic mass is 10.2. The molecule has 0 aliphatic heterocycles. The van der Waals surface area contributed by atoms with E-state index in [1.54, 1.807) is 13.1 Å². The first-order valence-electron chi connectivity index (χ1n) is 4.38. The second kappa shape index (κ2) is 10.1. The Balaban J connectivity index is 0. The van der Waals surface area contributed by atoms with Crippen molar-refractivity contribution in [2.75, 3.05) is 0 Å². The number of nitrogens with one attached hydrogen (secondary N) is 1. The van der Waals surface area contributed by atoms with Crippen molar-refractivity contribution in [1.29, 1.82) is 5.41 Å². The molecule has 0 aromatic carbocycles. The Labute approximate surface area is 75.9 Å². The average Bonchev–Trinajstić information content (AvgIpc) is 2.02. The molecule has 0 rings (SSSR count). The van der Waals surface area contributed by atoms with Crippen LogP contribution in [0.4, 0.5) is 0 Å². The molecule has 0 aromatic heterocycles. The summed E-state index contributed by atoms with van der Waals surface area (Å²) in [7, 11) is 0. The molecule has 0 fully saturated rings. The van der Waals surface area contributed by atoms with E-state index in [1.807, 2.05) is 19.9 Å².